The third-order valence-corrected chi connectivity index (χ3v) is 12.5. The zero-order chi connectivity index (χ0) is 28.9. The van der Waals surface area contributed by atoms with E-state index in [-0.39, 0.29) is 17.4 Å². The van der Waals surface area contributed by atoms with Gasteiger partial charge in [0.2, 0.25) is 0 Å². The van der Waals surface area contributed by atoms with Crippen LogP contribution >= 0.6 is 16.5 Å². The Morgan fingerprint density at radius 2 is 1.35 bits per heavy atom. The van der Waals surface area contributed by atoms with Crippen LogP contribution < -0.4 is 26.0 Å². The van der Waals surface area contributed by atoms with Crippen molar-refractivity contribution in [2.75, 3.05) is 13.9 Å². The highest BCUT2D eigenvalue weighted by Gasteiger charge is 2.34. The van der Waals surface area contributed by atoms with E-state index in [9.17, 15) is 0 Å². The second-order valence-electron chi connectivity index (χ2n) is 11.8. The van der Waals surface area contributed by atoms with Gasteiger partial charge in [0.1, 0.15) is 5.75 Å². The van der Waals surface area contributed by atoms with Gasteiger partial charge in [0.05, 0.1) is 0 Å². The largest absolute Gasteiger partial charge is 0.467 e. The van der Waals surface area contributed by atoms with Crippen LogP contribution in [0.25, 0.3) is 0 Å². The maximum Gasteiger partial charge on any atom is 0.188 e. The first-order valence-electron chi connectivity index (χ1n) is 14.1. The van der Waals surface area contributed by atoms with Gasteiger partial charge in [0.15, 0.2) is 6.79 Å². The molecule has 0 aromatic heterocycles. The van der Waals surface area contributed by atoms with Crippen LogP contribution in [0.2, 0.25) is 0 Å². The molecule has 0 bridgehead atoms. The molecule has 0 fully saturated rings. The molecule has 210 valence electrons. The van der Waals surface area contributed by atoms with Crippen molar-refractivity contribution in [3.05, 3.63) is 113 Å². The lowest BCUT2D eigenvalue weighted by Crippen LogP contribution is -2.33. The molecule has 0 saturated heterocycles. The van der Waals surface area contributed by atoms with E-state index in [2.05, 4.69) is 139 Å². The van der Waals surface area contributed by atoms with Crippen molar-refractivity contribution in [3.8, 4) is 5.75 Å². The summed E-state index contributed by atoms with van der Waals surface area (Å²) in [4.78, 5) is 0. The van der Waals surface area contributed by atoms with Crippen LogP contribution in [0.4, 0.5) is 0 Å². The Morgan fingerprint density at radius 3 is 1.88 bits per heavy atom. The molecule has 40 heavy (non-hydrogen) atoms. The first kappa shape index (κ1) is 30.5. The summed E-state index contributed by atoms with van der Waals surface area (Å²) in [6.07, 6.45) is 1.00. The molecular formula is C36H44O2P2. The fourth-order valence-electron chi connectivity index (χ4n) is 5.13. The molecule has 4 heteroatoms. The number of ether oxygens (including phenoxy) is 2. The summed E-state index contributed by atoms with van der Waals surface area (Å²) in [7, 11) is 1.57. The highest BCUT2D eigenvalue weighted by Crippen LogP contribution is 2.50. The van der Waals surface area contributed by atoms with Crippen molar-refractivity contribution in [1.29, 1.82) is 0 Å². The van der Waals surface area contributed by atoms with Crippen LogP contribution in [0.3, 0.4) is 0 Å². The molecule has 0 aliphatic carbocycles. The predicted molar refractivity (Wildman–Crippen MR) is 178 cm³/mol. The van der Waals surface area contributed by atoms with Gasteiger partial charge in [0, 0.05) is 17.8 Å². The minimum atomic E-state index is -0.702. The van der Waals surface area contributed by atoms with E-state index in [0.717, 1.165) is 12.2 Å². The summed E-state index contributed by atoms with van der Waals surface area (Å²) >= 11 is 0. The number of aryl methyl sites for hydroxylation is 2. The van der Waals surface area contributed by atoms with Crippen LogP contribution in [0.15, 0.2) is 91.0 Å². The molecule has 4 aromatic carbocycles. The lowest BCUT2D eigenvalue weighted by Gasteiger charge is -2.35. The van der Waals surface area contributed by atoms with Crippen molar-refractivity contribution in [2.24, 2.45) is 0 Å². The van der Waals surface area contributed by atoms with Gasteiger partial charge in [-0.3, -0.25) is 0 Å². The van der Waals surface area contributed by atoms with E-state index in [1.807, 2.05) is 0 Å². The average molecular weight is 571 g/mol. The Kier molecular flexibility index (Phi) is 9.89. The summed E-state index contributed by atoms with van der Waals surface area (Å²) in [6, 6.07) is 33.6. The van der Waals surface area contributed by atoms with Gasteiger partial charge in [-0.05, 0) is 71.5 Å². The van der Waals surface area contributed by atoms with Crippen molar-refractivity contribution in [1.82, 2.24) is 0 Å². The Morgan fingerprint density at radius 1 is 0.750 bits per heavy atom. The van der Waals surface area contributed by atoms with E-state index in [4.69, 9.17) is 9.47 Å². The van der Waals surface area contributed by atoms with Crippen LogP contribution in [-0.4, -0.2) is 13.9 Å². The number of hydrogen-bond donors (Lipinski definition) is 0. The molecular weight excluding hydrogens is 526 g/mol. The molecule has 0 amide bonds. The van der Waals surface area contributed by atoms with E-state index in [1.165, 1.54) is 43.5 Å². The minimum absolute atomic E-state index is 0.0415. The van der Waals surface area contributed by atoms with Gasteiger partial charge < -0.3 is 9.47 Å². The molecule has 0 heterocycles. The highest BCUT2D eigenvalue weighted by atomic mass is 31.1. The minimum Gasteiger partial charge on any atom is -0.467 e. The summed E-state index contributed by atoms with van der Waals surface area (Å²) in [5.41, 5.74) is 5.20. The van der Waals surface area contributed by atoms with E-state index in [0.29, 0.717) is 8.58 Å². The molecule has 2 atom stereocenters. The van der Waals surface area contributed by atoms with E-state index < -0.39 is 7.92 Å². The first-order chi connectivity index (χ1) is 19.1. The molecule has 2 nitrogen and oxygen atoms in total. The molecule has 4 aromatic rings. The number of rotatable bonds is 10. The van der Waals surface area contributed by atoms with Crippen LogP contribution in [0.5, 0.6) is 5.75 Å². The van der Waals surface area contributed by atoms with Crippen LogP contribution in [-0.2, 0) is 15.3 Å². The molecule has 4 rings (SSSR count). The molecule has 0 aliphatic rings. The van der Waals surface area contributed by atoms with E-state index >= 15 is 0 Å². The standard InChI is InChI=1S/C36H44O2P2/c1-9-36(7,31-24-28(35(4,5)6)23-27(3)33(31)38-25-37-8)39-34-26(2)17-16-22-32(34)40(29-18-12-10-13-19-29)30-20-14-11-15-21-30/h10-24,39H,9,25H2,1-8H3. The lowest BCUT2D eigenvalue weighted by atomic mass is 9.82. The molecule has 0 spiro atoms. The SMILES string of the molecule is CCC(C)(Pc1c(C)cccc1P(c1ccccc1)c1ccccc1)c1cc(C(C)(C)C)cc(C)c1OCOC. The van der Waals surface area contributed by atoms with Gasteiger partial charge in [-0.15, -0.1) is 0 Å². The summed E-state index contributed by atoms with van der Waals surface area (Å²) in [5, 5.41) is 5.58. The number of benzene rings is 4. The molecule has 2 unspecified atom stereocenters. The zero-order valence-corrected chi connectivity index (χ0v) is 27.2. The van der Waals surface area contributed by atoms with E-state index in [1.54, 1.807) is 7.11 Å². The smallest absolute Gasteiger partial charge is 0.188 e. The summed E-state index contributed by atoms with van der Waals surface area (Å²) in [5.74, 6) is 0.968. The molecule has 0 saturated carbocycles. The van der Waals surface area contributed by atoms with Crippen molar-refractivity contribution < 1.29 is 9.47 Å². The van der Waals surface area contributed by atoms with Gasteiger partial charge in [-0.25, -0.2) is 0 Å². The fraction of sp³-hybridized carbons (Fsp3) is 0.333. The summed E-state index contributed by atoms with van der Waals surface area (Å²) in [6.45, 7) is 16.3. The second-order valence-corrected chi connectivity index (χ2v) is 15.8. The highest BCUT2D eigenvalue weighted by molar-refractivity contribution is 7.81. The Bertz CT molecular complexity index is 1370. The maximum atomic E-state index is 6.30. The Labute approximate surface area is 245 Å². The third-order valence-electron chi connectivity index (χ3n) is 7.68. The lowest BCUT2D eigenvalue weighted by molar-refractivity contribution is 0.0495. The van der Waals surface area contributed by atoms with Gasteiger partial charge >= 0.3 is 0 Å². The monoisotopic (exact) mass is 570 g/mol. The van der Waals surface area contributed by atoms with Crippen molar-refractivity contribution in [2.45, 2.75) is 65.5 Å². The third kappa shape index (κ3) is 6.69. The summed E-state index contributed by atoms with van der Waals surface area (Å²) < 4.78 is 11.7. The maximum absolute atomic E-state index is 6.30. The van der Waals surface area contributed by atoms with Gasteiger partial charge in [-0.2, -0.15) is 0 Å². The predicted octanol–water partition coefficient (Wildman–Crippen LogP) is 7.97. The van der Waals surface area contributed by atoms with Crippen molar-refractivity contribution >= 4 is 37.7 Å². The van der Waals surface area contributed by atoms with Crippen LogP contribution in [0.1, 0.15) is 63.3 Å². The Balaban J connectivity index is 1.91. The van der Waals surface area contributed by atoms with Gasteiger partial charge in [0.25, 0.3) is 0 Å². The Hall–Kier alpha value is -2.50. The first-order valence-corrected chi connectivity index (χ1v) is 16.5. The number of methoxy groups -OCH3 is 1. The van der Waals surface area contributed by atoms with Crippen molar-refractivity contribution in [3.63, 3.8) is 0 Å². The molecule has 0 N–H and O–H groups in total. The average Bonchev–Trinajstić information content (AvgIpc) is 2.94. The molecule has 0 radical (unpaired) electrons. The topological polar surface area (TPSA) is 18.5 Å². The normalized spacial score (nSPS) is 13.6. The quantitative estimate of drug-likeness (QED) is 0.142. The van der Waals surface area contributed by atoms with Crippen LogP contribution in [0, 0.1) is 13.8 Å². The molecule has 0 aliphatic heterocycles. The second kappa shape index (κ2) is 13.0. The van der Waals surface area contributed by atoms with Gasteiger partial charge in [-0.1, -0.05) is 134 Å². The fourth-order valence-corrected chi connectivity index (χ4v) is 9.60. The number of hydrogen-bond acceptors (Lipinski definition) is 2. The zero-order valence-electron chi connectivity index (χ0n) is 25.3.